The predicted molar refractivity (Wildman–Crippen MR) is 86.9 cm³/mol. The predicted octanol–water partition coefficient (Wildman–Crippen LogP) is 6.16. The van der Waals surface area contributed by atoms with E-state index in [9.17, 15) is 26.3 Å². The summed E-state index contributed by atoms with van der Waals surface area (Å²) in [7, 11) is 0. The van der Waals surface area contributed by atoms with Crippen molar-refractivity contribution in [1.29, 1.82) is 0 Å². The monoisotopic (exact) mass is 386 g/mol. The summed E-state index contributed by atoms with van der Waals surface area (Å²) in [4.78, 5) is 0. The van der Waals surface area contributed by atoms with E-state index in [0.717, 1.165) is 0 Å². The molecule has 0 aliphatic heterocycles. The molecule has 0 radical (unpaired) electrons. The van der Waals surface area contributed by atoms with Crippen LogP contribution in [0.2, 0.25) is 0 Å². The number of ether oxygens (including phenoxy) is 2. The second kappa shape index (κ2) is 7.19. The van der Waals surface area contributed by atoms with Gasteiger partial charge in [0.15, 0.2) is 13.2 Å². The summed E-state index contributed by atoms with van der Waals surface area (Å²) in [5.74, 6) is -0.0294. The summed E-state index contributed by atoms with van der Waals surface area (Å²) in [6.07, 6.45) is -9.05. The average Bonchev–Trinajstić information content (AvgIpc) is 2.38. The van der Waals surface area contributed by atoms with E-state index in [2.05, 4.69) is 0 Å². The lowest BCUT2D eigenvalue weighted by Gasteiger charge is -2.30. The van der Waals surface area contributed by atoms with Gasteiger partial charge in [-0.1, -0.05) is 41.5 Å². The van der Waals surface area contributed by atoms with Gasteiger partial charge in [0.05, 0.1) is 0 Å². The third-order valence-corrected chi connectivity index (χ3v) is 3.46. The Labute approximate surface area is 149 Å². The van der Waals surface area contributed by atoms with Gasteiger partial charge in [-0.2, -0.15) is 26.3 Å². The second-order valence-electron chi connectivity index (χ2n) is 8.16. The zero-order chi connectivity index (χ0) is 20.6. The van der Waals surface area contributed by atoms with Gasteiger partial charge in [0.2, 0.25) is 0 Å². The Bertz CT molecular complexity index is 584. The molecule has 1 aromatic carbocycles. The third kappa shape index (κ3) is 6.96. The summed E-state index contributed by atoms with van der Waals surface area (Å²) >= 11 is 0. The highest BCUT2D eigenvalue weighted by Crippen LogP contribution is 2.43. The maximum absolute atomic E-state index is 12.7. The Morgan fingerprint density at radius 1 is 0.654 bits per heavy atom. The van der Waals surface area contributed by atoms with Crippen LogP contribution >= 0.6 is 0 Å². The van der Waals surface area contributed by atoms with Crippen molar-refractivity contribution >= 4 is 0 Å². The maximum Gasteiger partial charge on any atom is 0.422 e. The second-order valence-corrected chi connectivity index (χ2v) is 8.16. The molecule has 0 aromatic heterocycles. The molecular weight excluding hydrogens is 362 g/mol. The van der Waals surface area contributed by atoms with Crippen LogP contribution in [0.1, 0.15) is 52.7 Å². The quantitative estimate of drug-likeness (QED) is 0.577. The first kappa shape index (κ1) is 22.4. The average molecular weight is 386 g/mol. The van der Waals surface area contributed by atoms with Gasteiger partial charge in [-0.3, -0.25) is 0 Å². The van der Waals surface area contributed by atoms with Crippen molar-refractivity contribution in [2.24, 2.45) is 0 Å². The van der Waals surface area contributed by atoms with Gasteiger partial charge >= 0.3 is 12.4 Å². The zero-order valence-electron chi connectivity index (χ0n) is 15.7. The van der Waals surface area contributed by atoms with Crippen molar-refractivity contribution in [3.63, 3.8) is 0 Å². The minimum atomic E-state index is -4.53. The van der Waals surface area contributed by atoms with Crippen molar-refractivity contribution in [3.8, 4) is 11.5 Å². The molecule has 0 heterocycles. The van der Waals surface area contributed by atoms with Crippen molar-refractivity contribution < 1.29 is 35.8 Å². The molecule has 0 aliphatic rings. The van der Waals surface area contributed by atoms with Crippen LogP contribution in [-0.2, 0) is 10.8 Å². The number of alkyl halides is 6. The molecule has 26 heavy (non-hydrogen) atoms. The number of rotatable bonds is 4. The van der Waals surface area contributed by atoms with Gasteiger partial charge in [-0.05, 0) is 23.0 Å². The van der Waals surface area contributed by atoms with Crippen LogP contribution in [0, 0.1) is 0 Å². The number of hydrogen-bond acceptors (Lipinski definition) is 2. The van der Waals surface area contributed by atoms with E-state index >= 15 is 0 Å². The van der Waals surface area contributed by atoms with Crippen molar-refractivity contribution in [1.82, 2.24) is 0 Å². The van der Waals surface area contributed by atoms with Gasteiger partial charge < -0.3 is 9.47 Å². The molecule has 2 nitrogen and oxygen atoms in total. The summed E-state index contributed by atoms with van der Waals surface area (Å²) in [5.41, 5.74) is -0.630. The SMILES string of the molecule is CC(C)(C)c1cc(OCC(F)(F)F)cc(C(C)(C)C)c1OCC(F)(F)F. The highest BCUT2D eigenvalue weighted by molar-refractivity contribution is 5.53. The highest BCUT2D eigenvalue weighted by atomic mass is 19.4. The summed E-state index contributed by atoms with van der Waals surface area (Å²) in [6, 6.07) is 2.62. The first-order valence-corrected chi connectivity index (χ1v) is 7.98. The smallest absolute Gasteiger partial charge is 0.422 e. The van der Waals surface area contributed by atoms with Crippen LogP contribution in [0.5, 0.6) is 11.5 Å². The molecule has 150 valence electrons. The standard InChI is InChI=1S/C18H24F6O2/c1-15(2,3)12-7-11(25-9-17(19,20)21)8-13(16(4,5)6)14(12)26-10-18(22,23)24/h7-8H,9-10H2,1-6H3. The number of hydrogen-bond donors (Lipinski definition) is 0. The first-order valence-electron chi connectivity index (χ1n) is 7.98. The molecule has 0 fully saturated rings. The third-order valence-electron chi connectivity index (χ3n) is 3.46. The Kier molecular flexibility index (Phi) is 6.21. The molecule has 0 unspecified atom stereocenters. The summed E-state index contributed by atoms with van der Waals surface area (Å²) < 4.78 is 85.3. The molecule has 0 aliphatic carbocycles. The van der Waals surface area contributed by atoms with E-state index in [0.29, 0.717) is 11.1 Å². The Hall–Kier alpha value is -1.60. The number of benzene rings is 1. The van der Waals surface area contributed by atoms with Gasteiger partial charge in [0, 0.05) is 11.1 Å². The fourth-order valence-corrected chi connectivity index (χ4v) is 2.27. The lowest BCUT2D eigenvalue weighted by Crippen LogP contribution is -2.25. The summed E-state index contributed by atoms with van der Waals surface area (Å²) in [5, 5.41) is 0. The van der Waals surface area contributed by atoms with E-state index in [1.807, 2.05) is 0 Å². The fraction of sp³-hybridized carbons (Fsp3) is 0.667. The van der Waals surface area contributed by atoms with Gasteiger partial charge in [0.1, 0.15) is 11.5 Å². The normalized spacial score (nSPS) is 13.7. The molecule has 0 saturated heterocycles. The topological polar surface area (TPSA) is 18.5 Å². The minimum Gasteiger partial charge on any atom is -0.484 e. The largest absolute Gasteiger partial charge is 0.484 e. The molecule has 1 aromatic rings. The van der Waals surface area contributed by atoms with Gasteiger partial charge in [0.25, 0.3) is 0 Å². The molecular formula is C18H24F6O2. The van der Waals surface area contributed by atoms with Crippen LogP contribution < -0.4 is 9.47 Å². The van der Waals surface area contributed by atoms with Crippen LogP contribution in [0.3, 0.4) is 0 Å². The van der Waals surface area contributed by atoms with Gasteiger partial charge in [-0.15, -0.1) is 0 Å². The minimum absolute atomic E-state index is 0.0293. The highest BCUT2D eigenvalue weighted by Gasteiger charge is 2.34. The number of halogens is 6. The van der Waals surface area contributed by atoms with Crippen LogP contribution in [-0.4, -0.2) is 25.6 Å². The molecule has 0 saturated carbocycles. The van der Waals surface area contributed by atoms with Crippen LogP contribution in [0.25, 0.3) is 0 Å². The Morgan fingerprint density at radius 3 is 1.31 bits per heavy atom. The molecule has 0 atom stereocenters. The van der Waals surface area contributed by atoms with Crippen molar-refractivity contribution in [2.45, 2.75) is 64.7 Å². The first-order chi connectivity index (χ1) is 11.4. The van der Waals surface area contributed by atoms with Crippen LogP contribution in [0.15, 0.2) is 12.1 Å². The van der Waals surface area contributed by atoms with E-state index in [1.54, 1.807) is 41.5 Å². The molecule has 8 heteroatoms. The van der Waals surface area contributed by atoms with Crippen molar-refractivity contribution in [2.75, 3.05) is 13.2 Å². The fourth-order valence-electron chi connectivity index (χ4n) is 2.27. The lowest BCUT2D eigenvalue weighted by atomic mass is 9.79. The molecule has 0 bridgehead atoms. The lowest BCUT2D eigenvalue weighted by molar-refractivity contribution is -0.154. The molecule has 1 rings (SSSR count). The van der Waals surface area contributed by atoms with E-state index in [1.165, 1.54) is 12.1 Å². The Balaban J connectivity index is 3.49. The van der Waals surface area contributed by atoms with Crippen molar-refractivity contribution in [3.05, 3.63) is 23.3 Å². The zero-order valence-corrected chi connectivity index (χ0v) is 15.7. The summed E-state index contributed by atoms with van der Waals surface area (Å²) in [6.45, 7) is 7.47. The molecule has 0 amide bonds. The Morgan fingerprint density at radius 2 is 1.00 bits per heavy atom. The van der Waals surface area contributed by atoms with E-state index in [-0.39, 0.29) is 11.5 Å². The van der Waals surface area contributed by atoms with E-state index in [4.69, 9.17) is 9.47 Å². The molecule has 0 spiro atoms. The maximum atomic E-state index is 12.7. The van der Waals surface area contributed by atoms with Gasteiger partial charge in [-0.25, -0.2) is 0 Å². The van der Waals surface area contributed by atoms with Crippen LogP contribution in [0.4, 0.5) is 26.3 Å². The van der Waals surface area contributed by atoms with E-state index < -0.39 is 36.4 Å². The molecule has 0 N–H and O–H groups in total.